The third-order valence-electron chi connectivity index (χ3n) is 3.95. The number of benzene rings is 2. The van der Waals surface area contributed by atoms with E-state index in [-0.39, 0.29) is 18.2 Å². The summed E-state index contributed by atoms with van der Waals surface area (Å²) in [7, 11) is 1.71. The van der Waals surface area contributed by atoms with E-state index in [0.717, 1.165) is 11.3 Å². The van der Waals surface area contributed by atoms with E-state index in [0.29, 0.717) is 15.7 Å². The van der Waals surface area contributed by atoms with Crippen molar-refractivity contribution >= 4 is 46.4 Å². The average molecular weight is 349 g/mol. The monoisotopic (exact) mass is 348 g/mol. The first kappa shape index (κ1) is 15.8. The van der Waals surface area contributed by atoms with Gasteiger partial charge in [0.1, 0.15) is 0 Å². The molecule has 6 heteroatoms. The predicted octanol–water partition coefficient (Wildman–Crippen LogP) is 4.08. The number of hydrogen-bond acceptors (Lipinski definition) is 2. The van der Waals surface area contributed by atoms with Crippen LogP contribution in [0.2, 0.25) is 10.0 Å². The lowest BCUT2D eigenvalue weighted by Crippen LogP contribution is -2.37. The molecule has 3 rings (SSSR count). The molecule has 1 aliphatic heterocycles. The SMILES string of the molecule is CN1C(=O)CC(C(=O)Nc2c(Cl)cccc2Cl)c2ccccc21. The van der Waals surface area contributed by atoms with Crippen LogP contribution in [0.25, 0.3) is 0 Å². The zero-order valence-electron chi connectivity index (χ0n) is 12.3. The zero-order chi connectivity index (χ0) is 16.6. The molecule has 1 unspecified atom stereocenters. The molecule has 23 heavy (non-hydrogen) atoms. The summed E-state index contributed by atoms with van der Waals surface area (Å²) in [4.78, 5) is 26.4. The Kier molecular flexibility index (Phi) is 4.28. The standard InChI is InChI=1S/C17H14Cl2N2O2/c1-21-14-8-3-2-5-10(14)11(9-15(21)22)17(23)20-16-12(18)6-4-7-13(16)19/h2-8,11H,9H2,1H3,(H,20,23). The van der Waals surface area contributed by atoms with Gasteiger partial charge in [-0.05, 0) is 23.8 Å². The van der Waals surface area contributed by atoms with Gasteiger partial charge in [-0.15, -0.1) is 0 Å². The number of nitrogens with one attached hydrogen (secondary N) is 1. The van der Waals surface area contributed by atoms with Crippen molar-refractivity contribution in [2.45, 2.75) is 12.3 Å². The van der Waals surface area contributed by atoms with Crippen LogP contribution in [-0.4, -0.2) is 18.9 Å². The molecule has 0 saturated heterocycles. The summed E-state index contributed by atoms with van der Waals surface area (Å²) in [5, 5.41) is 3.47. The molecule has 0 saturated carbocycles. The Morgan fingerprint density at radius 3 is 2.48 bits per heavy atom. The quantitative estimate of drug-likeness (QED) is 0.888. The van der Waals surface area contributed by atoms with Crippen LogP contribution < -0.4 is 10.2 Å². The molecule has 2 aromatic carbocycles. The second-order valence-electron chi connectivity index (χ2n) is 5.35. The van der Waals surface area contributed by atoms with E-state index in [4.69, 9.17) is 23.2 Å². The molecule has 0 aromatic heterocycles. The first-order chi connectivity index (χ1) is 11.0. The Labute approximate surface area is 144 Å². The van der Waals surface area contributed by atoms with Crippen molar-refractivity contribution in [1.29, 1.82) is 0 Å². The van der Waals surface area contributed by atoms with E-state index in [2.05, 4.69) is 5.32 Å². The molecule has 1 heterocycles. The smallest absolute Gasteiger partial charge is 0.232 e. The zero-order valence-corrected chi connectivity index (χ0v) is 13.9. The maximum atomic E-state index is 12.7. The van der Waals surface area contributed by atoms with Crippen molar-refractivity contribution in [1.82, 2.24) is 0 Å². The lowest BCUT2D eigenvalue weighted by atomic mass is 9.89. The Hall–Kier alpha value is -2.04. The number of para-hydroxylation sites is 2. The third-order valence-corrected chi connectivity index (χ3v) is 4.58. The minimum Gasteiger partial charge on any atom is -0.323 e. The molecular weight excluding hydrogens is 335 g/mol. The molecule has 1 aliphatic rings. The highest BCUT2D eigenvalue weighted by molar-refractivity contribution is 6.39. The maximum Gasteiger partial charge on any atom is 0.232 e. The van der Waals surface area contributed by atoms with Gasteiger partial charge in [-0.1, -0.05) is 47.5 Å². The summed E-state index contributed by atoms with van der Waals surface area (Å²) in [5.74, 6) is -0.967. The number of rotatable bonds is 2. The molecule has 0 radical (unpaired) electrons. The number of anilines is 2. The van der Waals surface area contributed by atoms with E-state index in [1.54, 1.807) is 30.1 Å². The van der Waals surface area contributed by atoms with Gasteiger partial charge < -0.3 is 10.2 Å². The fourth-order valence-corrected chi connectivity index (χ4v) is 3.20. The van der Waals surface area contributed by atoms with Gasteiger partial charge in [0.05, 0.1) is 21.7 Å². The summed E-state index contributed by atoms with van der Waals surface area (Å²) in [6.45, 7) is 0. The second-order valence-corrected chi connectivity index (χ2v) is 6.17. The van der Waals surface area contributed by atoms with E-state index >= 15 is 0 Å². The maximum absolute atomic E-state index is 12.7. The number of amides is 2. The van der Waals surface area contributed by atoms with Crippen LogP contribution in [-0.2, 0) is 9.59 Å². The number of halogens is 2. The topological polar surface area (TPSA) is 49.4 Å². The highest BCUT2D eigenvalue weighted by Gasteiger charge is 2.33. The lowest BCUT2D eigenvalue weighted by molar-refractivity contribution is -0.124. The minimum atomic E-state index is -0.567. The molecule has 1 N–H and O–H groups in total. The van der Waals surface area contributed by atoms with Crippen molar-refractivity contribution in [2.24, 2.45) is 0 Å². The summed E-state index contributed by atoms with van der Waals surface area (Å²) in [5.41, 5.74) is 1.93. The highest BCUT2D eigenvalue weighted by atomic mass is 35.5. The molecule has 0 aliphatic carbocycles. The van der Waals surface area contributed by atoms with Crippen LogP contribution in [0.5, 0.6) is 0 Å². The van der Waals surface area contributed by atoms with Gasteiger partial charge in [-0.25, -0.2) is 0 Å². The Bertz CT molecular complexity index is 772. The van der Waals surface area contributed by atoms with Crippen molar-refractivity contribution in [2.75, 3.05) is 17.3 Å². The molecule has 1 atom stereocenters. The van der Waals surface area contributed by atoms with Gasteiger partial charge in [0.15, 0.2) is 0 Å². The van der Waals surface area contributed by atoms with Crippen molar-refractivity contribution in [3.05, 3.63) is 58.1 Å². The largest absolute Gasteiger partial charge is 0.323 e. The van der Waals surface area contributed by atoms with Gasteiger partial charge in [0.25, 0.3) is 0 Å². The Balaban J connectivity index is 1.94. The first-order valence-electron chi connectivity index (χ1n) is 7.09. The number of carbonyl (C=O) groups is 2. The second kappa shape index (κ2) is 6.22. The minimum absolute atomic E-state index is 0.103. The molecule has 0 bridgehead atoms. The van der Waals surface area contributed by atoms with Crippen LogP contribution in [0.3, 0.4) is 0 Å². The molecule has 0 spiro atoms. The van der Waals surface area contributed by atoms with E-state index in [9.17, 15) is 9.59 Å². The number of carbonyl (C=O) groups excluding carboxylic acids is 2. The van der Waals surface area contributed by atoms with E-state index < -0.39 is 5.92 Å². The predicted molar refractivity (Wildman–Crippen MR) is 92.3 cm³/mol. The van der Waals surface area contributed by atoms with Crippen molar-refractivity contribution in [3.63, 3.8) is 0 Å². The van der Waals surface area contributed by atoms with Gasteiger partial charge >= 0.3 is 0 Å². The van der Waals surface area contributed by atoms with E-state index in [1.165, 1.54) is 0 Å². The molecule has 4 nitrogen and oxygen atoms in total. The van der Waals surface area contributed by atoms with Crippen LogP contribution in [0.15, 0.2) is 42.5 Å². The van der Waals surface area contributed by atoms with Crippen molar-refractivity contribution < 1.29 is 9.59 Å². The first-order valence-corrected chi connectivity index (χ1v) is 7.85. The van der Waals surface area contributed by atoms with Crippen molar-refractivity contribution in [3.8, 4) is 0 Å². The molecule has 118 valence electrons. The van der Waals surface area contributed by atoms with Gasteiger partial charge in [-0.3, -0.25) is 9.59 Å². The molecular formula is C17H14Cl2N2O2. The van der Waals surface area contributed by atoms with E-state index in [1.807, 2.05) is 24.3 Å². The van der Waals surface area contributed by atoms with Gasteiger partial charge in [0.2, 0.25) is 11.8 Å². The number of hydrogen-bond donors (Lipinski definition) is 1. The highest BCUT2D eigenvalue weighted by Crippen LogP contribution is 2.37. The third kappa shape index (κ3) is 2.92. The van der Waals surface area contributed by atoms with Crippen LogP contribution in [0.4, 0.5) is 11.4 Å². The fraction of sp³-hybridized carbons (Fsp3) is 0.176. The summed E-state index contributed by atoms with van der Waals surface area (Å²) in [6, 6.07) is 12.4. The normalized spacial score (nSPS) is 16.9. The average Bonchev–Trinajstić information content (AvgIpc) is 2.54. The Morgan fingerprint density at radius 1 is 1.13 bits per heavy atom. The summed E-state index contributed by atoms with van der Waals surface area (Å²) in [6.07, 6.45) is 0.113. The van der Waals surface area contributed by atoms with Gasteiger partial charge in [0, 0.05) is 19.2 Å². The van der Waals surface area contributed by atoms with Crippen LogP contribution >= 0.6 is 23.2 Å². The van der Waals surface area contributed by atoms with Gasteiger partial charge in [-0.2, -0.15) is 0 Å². The fourth-order valence-electron chi connectivity index (χ4n) is 2.70. The molecule has 0 fully saturated rings. The van der Waals surface area contributed by atoms with Crippen LogP contribution in [0, 0.1) is 0 Å². The van der Waals surface area contributed by atoms with Crippen LogP contribution in [0.1, 0.15) is 17.9 Å². The number of fused-ring (bicyclic) bond motifs is 1. The molecule has 2 aromatic rings. The Morgan fingerprint density at radius 2 is 1.78 bits per heavy atom. The molecule has 2 amide bonds. The summed E-state index contributed by atoms with van der Waals surface area (Å²) >= 11 is 12.2. The number of nitrogens with zero attached hydrogens (tertiary/aromatic N) is 1. The summed E-state index contributed by atoms with van der Waals surface area (Å²) < 4.78 is 0. The lowest BCUT2D eigenvalue weighted by Gasteiger charge is -2.31.